The number of nitrogens with one attached hydrogen (secondary N) is 1. The van der Waals surface area contributed by atoms with Crippen molar-refractivity contribution >= 4 is 39.9 Å². The fourth-order valence-corrected chi connectivity index (χ4v) is 3.17. The number of halogens is 1. The van der Waals surface area contributed by atoms with Crippen LogP contribution in [-0.2, 0) is 16.1 Å². The van der Waals surface area contributed by atoms with E-state index < -0.39 is 17.8 Å². The van der Waals surface area contributed by atoms with Crippen molar-refractivity contribution in [3.63, 3.8) is 0 Å². The van der Waals surface area contributed by atoms with Gasteiger partial charge < -0.3 is 8.83 Å². The summed E-state index contributed by atoms with van der Waals surface area (Å²) < 4.78 is 12.0. The summed E-state index contributed by atoms with van der Waals surface area (Å²) in [4.78, 5) is 37.9. The molecule has 4 amide bonds. The third-order valence-electron chi connectivity index (χ3n) is 4.44. The van der Waals surface area contributed by atoms with E-state index in [0.29, 0.717) is 17.3 Å². The van der Waals surface area contributed by atoms with E-state index in [1.165, 1.54) is 12.3 Å². The predicted octanol–water partition coefficient (Wildman–Crippen LogP) is 4.27. The number of carbonyl (C=O) groups excluding carboxylic acids is 3. The molecule has 1 aliphatic rings. The van der Waals surface area contributed by atoms with Crippen molar-refractivity contribution in [2.24, 2.45) is 0 Å². The Balaban J connectivity index is 1.61. The van der Waals surface area contributed by atoms with Gasteiger partial charge in [-0.3, -0.25) is 19.8 Å². The highest BCUT2D eigenvalue weighted by molar-refractivity contribution is 9.10. The summed E-state index contributed by atoms with van der Waals surface area (Å²) in [5, 5.41) is 2.17. The Hall–Kier alpha value is -3.39. The lowest BCUT2D eigenvalue weighted by molar-refractivity contribution is -0.130. The van der Waals surface area contributed by atoms with Gasteiger partial charge in [0.05, 0.1) is 12.8 Å². The van der Waals surface area contributed by atoms with Gasteiger partial charge in [0.25, 0.3) is 11.8 Å². The molecule has 2 aromatic heterocycles. The van der Waals surface area contributed by atoms with Crippen LogP contribution < -0.4 is 5.32 Å². The maximum atomic E-state index is 12.7. The summed E-state index contributed by atoms with van der Waals surface area (Å²) in [5.41, 5.74) is 1.72. The van der Waals surface area contributed by atoms with Gasteiger partial charge in [-0.25, -0.2) is 4.79 Å². The van der Waals surface area contributed by atoms with E-state index >= 15 is 0 Å². The Morgan fingerprint density at radius 3 is 2.69 bits per heavy atom. The number of amides is 4. The topological polar surface area (TPSA) is 92.8 Å². The van der Waals surface area contributed by atoms with Crippen LogP contribution in [0.5, 0.6) is 0 Å². The van der Waals surface area contributed by atoms with Crippen molar-refractivity contribution < 1.29 is 23.2 Å². The van der Waals surface area contributed by atoms with Gasteiger partial charge >= 0.3 is 6.03 Å². The molecule has 0 unspecified atom stereocenters. The number of aryl methyl sites for hydroxylation is 1. The molecular formula is C21H15BrN2O5. The maximum absolute atomic E-state index is 12.7. The number of hydrogen-bond acceptors (Lipinski definition) is 5. The second-order valence-corrected chi connectivity index (χ2v) is 7.31. The molecule has 146 valence electrons. The first-order valence-electron chi connectivity index (χ1n) is 8.70. The number of hydrogen-bond donors (Lipinski definition) is 1. The van der Waals surface area contributed by atoms with Crippen molar-refractivity contribution in [1.82, 2.24) is 10.2 Å². The van der Waals surface area contributed by atoms with Gasteiger partial charge in [-0.05, 0) is 55.0 Å². The monoisotopic (exact) mass is 454 g/mol. The highest BCUT2D eigenvalue weighted by Gasteiger charge is 2.36. The molecular weight excluding hydrogens is 440 g/mol. The standard InChI is InChI=1S/C21H15BrN2O5/c1-12-9-13(4-6-17(12)22)18-7-5-14(29-18)10-16-19(25)23-21(27)24(20(16)26)11-15-3-2-8-28-15/h2-10H,11H2,1H3,(H,23,25,27). The first-order valence-corrected chi connectivity index (χ1v) is 9.49. The lowest BCUT2D eigenvalue weighted by Gasteiger charge is -2.25. The molecule has 29 heavy (non-hydrogen) atoms. The fraction of sp³-hybridized carbons (Fsp3) is 0.0952. The smallest absolute Gasteiger partial charge is 0.331 e. The minimum absolute atomic E-state index is 0.0795. The molecule has 0 atom stereocenters. The van der Waals surface area contributed by atoms with Gasteiger partial charge in [-0.2, -0.15) is 0 Å². The van der Waals surface area contributed by atoms with Crippen LogP contribution in [0.3, 0.4) is 0 Å². The van der Waals surface area contributed by atoms with E-state index in [0.717, 1.165) is 20.5 Å². The molecule has 3 heterocycles. The minimum Gasteiger partial charge on any atom is -0.467 e. The third kappa shape index (κ3) is 3.79. The third-order valence-corrected chi connectivity index (χ3v) is 5.33. The Labute approximate surface area is 174 Å². The van der Waals surface area contributed by atoms with E-state index in [4.69, 9.17) is 8.83 Å². The molecule has 3 aromatic rings. The van der Waals surface area contributed by atoms with Crippen LogP contribution in [-0.4, -0.2) is 22.7 Å². The number of imide groups is 2. The quantitative estimate of drug-likeness (QED) is 0.469. The zero-order valence-corrected chi connectivity index (χ0v) is 16.9. The molecule has 0 aliphatic carbocycles. The Morgan fingerprint density at radius 1 is 1.14 bits per heavy atom. The normalized spacial score (nSPS) is 15.9. The fourth-order valence-electron chi connectivity index (χ4n) is 2.92. The maximum Gasteiger partial charge on any atom is 0.331 e. The summed E-state index contributed by atoms with van der Waals surface area (Å²) in [7, 11) is 0. The average Bonchev–Trinajstić information content (AvgIpc) is 3.36. The highest BCUT2D eigenvalue weighted by Crippen LogP contribution is 2.28. The highest BCUT2D eigenvalue weighted by atomic mass is 79.9. The summed E-state index contributed by atoms with van der Waals surface area (Å²) in [6.45, 7) is 1.89. The van der Waals surface area contributed by atoms with Crippen LogP contribution in [0.15, 0.2) is 67.6 Å². The molecule has 1 fully saturated rings. The van der Waals surface area contributed by atoms with E-state index in [1.807, 2.05) is 25.1 Å². The lowest BCUT2D eigenvalue weighted by Crippen LogP contribution is -2.53. The predicted molar refractivity (Wildman–Crippen MR) is 107 cm³/mol. The Morgan fingerprint density at radius 2 is 1.97 bits per heavy atom. The molecule has 1 N–H and O–H groups in total. The lowest BCUT2D eigenvalue weighted by atomic mass is 10.1. The second-order valence-electron chi connectivity index (χ2n) is 6.45. The summed E-state index contributed by atoms with van der Waals surface area (Å²) in [5.74, 6) is -0.139. The van der Waals surface area contributed by atoms with Gasteiger partial charge in [0, 0.05) is 10.0 Å². The zero-order chi connectivity index (χ0) is 20.5. The molecule has 0 bridgehead atoms. The number of rotatable bonds is 4. The SMILES string of the molecule is Cc1cc(-c2ccc(C=C3C(=O)NC(=O)N(Cc4ccco4)C3=O)o2)ccc1Br. The van der Waals surface area contributed by atoms with Gasteiger partial charge in [0.1, 0.15) is 22.9 Å². The van der Waals surface area contributed by atoms with E-state index in [2.05, 4.69) is 21.2 Å². The number of nitrogens with zero attached hydrogens (tertiary/aromatic N) is 1. The van der Waals surface area contributed by atoms with Gasteiger partial charge in [-0.1, -0.05) is 22.0 Å². The molecule has 1 aliphatic heterocycles. The summed E-state index contributed by atoms with van der Waals surface area (Å²) in [6.07, 6.45) is 2.77. The van der Waals surface area contributed by atoms with Crippen molar-refractivity contribution in [2.75, 3.05) is 0 Å². The van der Waals surface area contributed by atoms with Crippen LogP contribution in [0.1, 0.15) is 17.1 Å². The van der Waals surface area contributed by atoms with Gasteiger partial charge in [0.15, 0.2) is 0 Å². The van der Waals surface area contributed by atoms with Crippen molar-refractivity contribution in [2.45, 2.75) is 13.5 Å². The molecule has 4 rings (SSSR count). The molecule has 8 heteroatoms. The Bertz CT molecular complexity index is 1140. The van der Waals surface area contributed by atoms with E-state index in [9.17, 15) is 14.4 Å². The number of urea groups is 1. The largest absolute Gasteiger partial charge is 0.467 e. The molecule has 0 spiro atoms. The van der Waals surface area contributed by atoms with Crippen molar-refractivity contribution in [1.29, 1.82) is 0 Å². The minimum atomic E-state index is -0.793. The first kappa shape index (κ1) is 18.9. The molecule has 0 saturated carbocycles. The zero-order valence-electron chi connectivity index (χ0n) is 15.3. The molecule has 7 nitrogen and oxygen atoms in total. The molecule has 0 radical (unpaired) electrons. The van der Waals surface area contributed by atoms with Crippen LogP contribution >= 0.6 is 15.9 Å². The van der Waals surface area contributed by atoms with Crippen molar-refractivity contribution in [3.8, 4) is 11.3 Å². The van der Waals surface area contributed by atoms with Crippen LogP contribution in [0, 0.1) is 6.92 Å². The van der Waals surface area contributed by atoms with E-state index in [-0.39, 0.29) is 12.1 Å². The molecule has 1 aromatic carbocycles. The Kier molecular flexibility index (Phi) is 4.94. The summed E-state index contributed by atoms with van der Waals surface area (Å²) >= 11 is 3.46. The summed E-state index contributed by atoms with van der Waals surface area (Å²) in [6, 6.07) is 11.7. The average molecular weight is 455 g/mol. The first-order chi connectivity index (χ1) is 13.9. The number of furan rings is 2. The van der Waals surface area contributed by atoms with Crippen molar-refractivity contribution in [3.05, 3.63) is 75.9 Å². The number of benzene rings is 1. The van der Waals surface area contributed by atoms with Crippen LogP contribution in [0.4, 0.5) is 4.79 Å². The van der Waals surface area contributed by atoms with Crippen LogP contribution in [0.2, 0.25) is 0 Å². The van der Waals surface area contributed by atoms with Gasteiger partial charge in [-0.15, -0.1) is 0 Å². The number of carbonyl (C=O) groups is 3. The van der Waals surface area contributed by atoms with Crippen LogP contribution in [0.25, 0.3) is 17.4 Å². The molecule has 1 saturated heterocycles. The second kappa shape index (κ2) is 7.56. The van der Waals surface area contributed by atoms with E-state index in [1.54, 1.807) is 24.3 Å². The number of barbiturate groups is 1. The van der Waals surface area contributed by atoms with Gasteiger partial charge in [0.2, 0.25) is 0 Å².